The number of halogens is 3. The Bertz CT molecular complexity index is 924. The zero-order valence-corrected chi connectivity index (χ0v) is 14.3. The Kier molecular flexibility index (Phi) is 4.73. The van der Waals surface area contributed by atoms with Crippen LogP contribution in [0, 0.1) is 6.92 Å². The van der Waals surface area contributed by atoms with Crippen molar-refractivity contribution < 1.29 is 27.6 Å². The second-order valence-electron chi connectivity index (χ2n) is 6.19. The molecule has 0 spiro atoms. The molecule has 0 N–H and O–H groups in total. The van der Waals surface area contributed by atoms with Gasteiger partial charge in [-0.25, -0.2) is 4.79 Å². The Morgan fingerprint density at radius 2 is 1.48 bits per heavy atom. The number of imide groups is 2. The fourth-order valence-electron chi connectivity index (χ4n) is 2.82. The van der Waals surface area contributed by atoms with E-state index in [0.29, 0.717) is 10.5 Å². The van der Waals surface area contributed by atoms with E-state index in [-0.39, 0.29) is 12.1 Å². The second kappa shape index (κ2) is 6.86. The van der Waals surface area contributed by atoms with Gasteiger partial charge in [-0.2, -0.15) is 13.2 Å². The summed E-state index contributed by atoms with van der Waals surface area (Å²) in [5.41, 5.74) is 0.772. The normalized spacial score (nSPS) is 15.0. The lowest BCUT2D eigenvalue weighted by atomic mass is 10.1. The second-order valence-corrected chi connectivity index (χ2v) is 6.19. The van der Waals surface area contributed by atoms with Gasteiger partial charge in [-0.05, 0) is 35.7 Å². The number of hydrogen-bond donors (Lipinski definition) is 0. The minimum absolute atomic E-state index is 0.0742. The number of amides is 4. The first-order chi connectivity index (χ1) is 12.7. The molecule has 8 heteroatoms. The third-order valence-electron chi connectivity index (χ3n) is 4.32. The van der Waals surface area contributed by atoms with Crippen molar-refractivity contribution in [2.24, 2.45) is 0 Å². The monoisotopic (exact) mass is 376 g/mol. The first-order valence-corrected chi connectivity index (χ1v) is 8.06. The third-order valence-corrected chi connectivity index (χ3v) is 4.32. The summed E-state index contributed by atoms with van der Waals surface area (Å²) in [6.45, 7) is 1.33. The highest BCUT2D eigenvalue weighted by Crippen LogP contribution is 2.30. The summed E-state index contributed by atoms with van der Waals surface area (Å²) in [5.74, 6) is -2.04. The van der Waals surface area contributed by atoms with E-state index in [9.17, 15) is 27.6 Å². The standard InChI is InChI=1S/C19H15F3N2O3/c1-12-5-2-3-7-14(12)11-24-17(26)16(25)23(18(24)27)10-13-6-4-8-15(9-13)19(20,21)22/h2-9H,10-11H2,1H3. The highest BCUT2D eigenvalue weighted by Gasteiger charge is 2.44. The van der Waals surface area contributed by atoms with Crippen molar-refractivity contribution in [2.75, 3.05) is 0 Å². The molecule has 0 aromatic heterocycles. The molecule has 0 saturated carbocycles. The largest absolute Gasteiger partial charge is 0.416 e. The van der Waals surface area contributed by atoms with Crippen LogP contribution in [0.4, 0.5) is 18.0 Å². The van der Waals surface area contributed by atoms with Crippen molar-refractivity contribution in [1.82, 2.24) is 9.80 Å². The van der Waals surface area contributed by atoms with E-state index in [4.69, 9.17) is 0 Å². The maximum absolute atomic E-state index is 12.8. The fraction of sp³-hybridized carbons (Fsp3) is 0.211. The highest BCUT2D eigenvalue weighted by molar-refractivity contribution is 6.44. The van der Waals surface area contributed by atoms with Crippen LogP contribution in [0.25, 0.3) is 0 Å². The van der Waals surface area contributed by atoms with Gasteiger partial charge in [-0.3, -0.25) is 19.4 Å². The van der Waals surface area contributed by atoms with Crippen molar-refractivity contribution in [3.63, 3.8) is 0 Å². The SMILES string of the molecule is Cc1ccccc1CN1C(=O)C(=O)N(Cc2cccc(C(F)(F)F)c2)C1=O. The van der Waals surface area contributed by atoms with E-state index in [1.165, 1.54) is 12.1 Å². The minimum atomic E-state index is -4.54. The van der Waals surface area contributed by atoms with Crippen LogP contribution in [0.15, 0.2) is 48.5 Å². The molecule has 1 aliphatic heterocycles. The molecule has 0 aliphatic carbocycles. The summed E-state index contributed by atoms with van der Waals surface area (Å²) in [6.07, 6.45) is -4.54. The molecule has 0 atom stereocenters. The van der Waals surface area contributed by atoms with Gasteiger partial charge < -0.3 is 0 Å². The molecule has 1 aliphatic rings. The number of aryl methyl sites for hydroxylation is 1. The Hall–Kier alpha value is -3.16. The molecule has 2 aromatic carbocycles. The lowest BCUT2D eigenvalue weighted by Gasteiger charge is -2.17. The number of nitrogens with zero attached hydrogens (tertiary/aromatic N) is 2. The molecule has 3 rings (SSSR count). The van der Waals surface area contributed by atoms with Gasteiger partial charge in [-0.15, -0.1) is 0 Å². The zero-order chi connectivity index (χ0) is 19.8. The fourth-order valence-corrected chi connectivity index (χ4v) is 2.82. The first kappa shape index (κ1) is 18.6. The van der Waals surface area contributed by atoms with Crippen LogP contribution in [-0.2, 0) is 28.9 Å². The highest BCUT2D eigenvalue weighted by atomic mass is 19.4. The van der Waals surface area contributed by atoms with Crippen molar-refractivity contribution in [3.8, 4) is 0 Å². The van der Waals surface area contributed by atoms with Gasteiger partial charge in [0.1, 0.15) is 0 Å². The van der Waals surface area contributed by atoms with Crippen molar-refractivity contribution in [2.45, 2.75) is 26.2 Å². The number of carbonyl (C=O) groups excluding carboxylic acids is 3. The summed E-state index contributed by atoms with van der Waals surface area (Å²) in [7, 11) is 0. The Labute approximate surface area is 153 Å². The molecule has 5 nitrogen and oxygen atoms in total. The molecule has 0 unspecified atom stereocenters. The molecule has 0 bridgehead atoms. The summed E-state index contributed by atoms with van der Waals surface area (Å²) in [5, 5.41) is 0. The molecule has 0 radical (unpaired) electrons. The van der Waals surface area contributed by atoms with E-state index in [1.807, 2.05) is 13.0 Å². The van der Waals surface area contributed by atoms with Crippen LogP contribution >= 0.6 is 0 Å². The van der Waals surface area contributed by atoms with Crippen LogP contribution in [0.1, 0.15) is 22.3 Å². The third kappa shape index (κ3) is 3.69. The zero-order valence-electron chi connectivity index (χ0n) is 14.3. The summed E-state index contributed by atoms with van der Waals surface area (Å²) in [4.78, 5) is 38.4. The van der Waals surface area contributed by atoms with E-state index < -0.39 is 36.1 Å². The predicted octanol–water partition coefficient (Wildman–Crippen LogP) is 3.50. The summed E-state index contributed by atoms with van der Waals surface area (Å²) < 4.78 is 38.5. The maximum Gasteiger partial charge on any atom is 0.416 e. The van der Waals surface area contributed by atoms with Crippen LogP contribution in [-0.4, -0.2) is 27.6 Å². The Balaban J connectivity index is 1.82. The number of rotatable bonds is 4. The first-order valence-electron chi connectivity index (χ1n) is 8.06. The number of urea groups is 1. The van der Waals surface area contributed by atoms with E-state index in [0.717, 1.165) is 22.6 Å². The topological polar surface area (TPSA) is 57.7 Å². The van der Waals surface area contributed by atoms with Crippen LogP contribution in [0.3, 0.4) is 0 Å². The predicted molar refractivity (Wildman–Crippen MR) is 89.1 cm³/mol. The van der Waals surface area contributed by atoms with Gasteiger partial charge >= 0.3 is 24.0 Å². The lowest BCUT2D eigenvalue weighted by molar-refractivity contribution is -0.143. The Morgan fingerprint density at radius 1 is 0.852 bits per heavy atom. The quantitative estimate of drug-likeness (QED) is 0.606. The van der Waals surface area contributed by atoms with Crippen LogP contribution < -0.4 is 0 Å². The molecule has 1 saturated heterocycles. The van der Waals surface area contributed by atoms with E-state index in [1.54, 1.807) is 18.2 Å². The molecule has 27 heavy (non-hydrogen) atoms. The van der Waals surface area contributed by atoms with Crippen LogP contribution in [0.5, 0.6) is 0 Å². The average molecular weight is 376 g/mol. The van der Waals surface area contributed by atoms with Gasteiger partial charge in [0.15, 0.2) is 0 Å². The minimum Gasteiger partial charge on any atom is -0.263 e. The number of alkyl halides is 3. The number of carbonyl (C=O) groups is 3. The van der Waals surface area contributed by atoms with Crippen molar-refractivity contribution in [1.29, 1.82) is 0 Å². The lowest BCUT2D eigenvalue weighted by Crippen LogP contribution is -2.33. The molecule has 4 amide bonds. The summed E-state index contributed by atoms with van der Waals surface area (Å²) >= 11 is 0. The van der Waals surface area contributed by atoms with Gasteiger partial charge in [0.25, 0.3) is 0 Å². The molecule has 140 valence electrons. The number of hydrogen-bond acceptors (Lipinski definition) is 3. The maximum atomic E-state index is 12.8. The van der Waals surface area contributed by atoms with Gasteiger partial charge in [0, 0.05) is 0 Å². The van der Waals surface area contributed by atoms with Gasteiger partial charge in [0.05, 0.1) is 18.7 Å². The molecule has 1 heterocycles. The smallest absolute Gasteiger partial charge is 0.263 e. The van der Waals surface area contributed by atoms with Gasteiger partial charge in [0.2, 0.25) is 0 Å². The molecule has 1 fully saturated rings. The van der Waals surface area contributed by atoms with Crippen molar-refractivity contribution >= 4 is 17.8 Å². The molecular weight excluding hydrogens is 361 g/mol. The molecular formula is C19H15F3N2O3. The van der Waals surface area contributed by atoms with E-state index >= 15 is 0 Å². The Morgan fingerprint density at radius 3 is 2.11 bits per heavy atom. The number of benzene rings is 2. The average Bonchev–Trinajstić information content (AvgIpc) is 2.81. The van der Waals surface area contributed by atoms with Crippen LogP contribution in [0.2, 0.25) is 0 Å². The van der Waals surface area contributed by atoms with E-state index in [2.05, 4.69) is 0 Å². The molecule has 2 aromatic rings. The summed E-state index contributed by atoms with van der Waals surface area (Å²) in [6, 6.07) is 10.6. The van der Waals surface area contributed by atoms with Gasteiger partial charge in [-0.1, -0.05) is 36.4 Å². The van der Waals surface area contributed by atoms with Crippen molar-refractivity contribution in [3.05, 3.63) is 70.8 Å².